The molecule has 0 saturated heterocycles. The minimum atomic E-state index is -5.08. The zero-order valence-electron chi connectivity index (χ0n) is 13.1. The molecule has 0 bridgehead atoms. The average molecular weight is 352 g/mol. The number of nitrogens with two attached hydrogens (primary N) is 1. The SMILES string of the molecule is COCC(N)C(=O)NCc1cccc(OC)c1.O=C(O)C(F)(F)F. The highest BCUT2D eigenvalue weighted by Gasteiger charge is 2.38. The Morgan fingerprint density at radius 3 is 2.38 bits per heavy atom. The number of carbonyl (C=O) groups excluding carboxylic acids is 1. The highest BCUT2D eigenvalue weighted by atomic mass is 19.4. The van der Waals surface area contributed by atoms with Crippen molar-refractivity contribution in [3.63, 3.8) is 0 Å². The third-order valence-electron chi connectivity index (χ3n) is 2.53. The molecule has 0 aliphatic carbocycles. The van der Waals surface area contributed by atoms with Crippen molar-refractivity contribution in [1.29, 1.82) is 0 Å². The number of nitrogens with one attached hydrogen (secondary N) is 1. The number of hydrogen-bond acceptors (Lipinski definition) is 5. The molecule has 0 aromatic heterocycles. The van der Waals surface area contributed by atoms with Crippen LogP contribution in [0.15, 0.2) is 24.3 Å². The first-order chi connectivity index (χ1) is 11.1. The molecule has 0 spiro atoms. The quantitative estimate of drug-likeness (QED) is 0.702. The number of amides is 1. The number of carboxylic acids is 1. The summed E-state index contributed by atoms with van der Waals surface area (Å²) in [6.45, 7) is 0.636. The number of aliphatic carboxylic acids is 1. The number of hydrogen-bond donors (Lipinski definition) is 3. The Bertz CT molecular complexity index is 537. The summed E-state index contributed by atoms with van der Waals surface area (Å²) in [4.78, 5) is 20.4. The Hall–Kier alpha value is -2.33. The summed E-state index contributed by atoms with van der Waals surface area (Å²) >= 11 is 0. The van der Waals surface area contributed by atoms with Crippen LogP contribution >= 0.6 is 0 Å². The predicted octanol–water partition coefficient (Wildman–Crippen LogP) is 0.918. The first-order valence-corrected chi connectivity index (χ1v) is 6.57. The van der Waals surface area contributed by atoms with Crippen molar-refractivity contribution in [1.82, 2.24) is 5.32 Å². The summed E-state index contributed by atoms with van der Waals surface area (Å²) < 4.78 is 41.6. The molecular formula is C14H19F3N2O5. The summed E-state index contributed by atoms with van der Waals surface area (Å²) in [6, 6.07) is 6.86. The number of carboxylic acid groups (broad SMARTS) is 1. The number of benzene rings is 1. The Kier molecular flexibility index (Phi) is 9.43. The van der Waals surface area contributed by atoms with Gasteiger partial charge in [0, 0.05) is 13.7 Å². The summed E-state index contributed by atoms with van der Waals surface area (Å²) in [7, 11) is 3.11. The zero-order chi connectivity index (χ0) is 18.8. The van der Waals surface area contributed by atoms with Crippen molar-refractivity contribution in [2.24, 2.45) is 5.73 Å². The van der Waals surface area contributed by atoms with E-state index in [1.54, 1.807) is 7.11 Å². The van der Waals surface area contributed by atoms with Gasteiger partial charge in [-0.3, -0.25) is 4.79 Å². The monoisotopic (exact) mass is 352 g/mol. The van der Waals surface area contributed by atoms with Crippen LogP contribution < -0.4 is 15.8 Å². The standard InChI is InChI=1S/C12H18N2O3.C2HF3O2/c1-16-8-11(13)12(15)14-7-9-4-3-5-10(6-9)17-2;3-2(4,5)1(6)7/h3-6,11H,7-8,13H2,1-2H3,(H,14,15);(H,6,7). The van der Waals surface area contributed by atoms with E-state index < -0.39 is 18.2 Å². The summed E-state index contributed by atoms with van der Waals surface area (Å²) in [5.74, 6) is -2.22. The van der Waals surface area contributed by atoms with Crippen LogP contribution in [0.2, 0.25) is 0 Å². The van der Waals surface area contributed by atoms with E-state index in [-0.39, 0.29) is 12.5 Å². The molecular weight excluding hydrogens is 333 g/mol. The van der Waals surface area contributed by atoms with Crippen LogP contribution in [0.4, 0.5) is 13.2 Å². The van der Waals surface area contributed by atoms with Crippen molar-refractivity contribution in [2.75, 3.05) is 20.8 Å². The van der Waals surface area contributed by atoms with Gasteiger partial charge in [-0.25, -0.2) is 4.79 Å². The van der Waals surface area contributed by atoms with E-state index >= 15 is 0 Å². The van der Waals surface area contributed by atoms with E-state index in [2.05, 4.69) is 5.32 Å². The molecule has 136 valence electrons. The van der Waals surface area contributed by atoms with E-state index in [1.165, 1.54) is 7.11 Å². The van der Waals surface area contributed by atoms with Crippen molar-refractivity contribution in [3.8, 4) is 5.75 Å². The number of ether oxygens (including phenoxy) is 2. The second-order valence-corrected chi connectivity index (χ2v) is 4.43. The molecule has 1 unspecified atom stereocenters. The minimum absolute atomic E-state index is 0.212. The summed E-state index contributed by atoms with van der Waals surface area (Å²) in [5.41, 5.74) is 6.55. The lowest BCUT2D eigenvalue weighted by atomic mass is 10.2. The molecule has 0 radical (unpaired) electrons. The second-order valence-electron chi connectivity index (χ2n) is 4.43. The van der Waals surface area contributed by atoms with Crippen molar-refractivity contribution >= 4 is 11.9 Å². The van der Waals surface area contributed by atoms with Gasteiger partial charge in [0.2, 0.25) is 5.91 Å². The maximum Gasteiger partial charge on any atom is 0.490 e. The normalized spacial score (nSPS) is 11.8. The number of carbonyl (C=O) groups is 2. The Balaban J connectivity index is 0.000000640. The molecule has 1 atom stereocenters. The first-order valence-electron chi connectivity index (χ1n) is 6.57. The molecule has 4 N–H and O–H groups in total. The number of halogens is 3. The molecule has 0 saturated carbocycles. The Morgan fingerprint density at radius 1 is 1.33 bits per heavy atom. The highest BCUT2D eigenvalue weighted by Crippen LogP contribution is 2.13. The highest BCUT2D eigenvalue weighted by molar-refractivity contribution is 5.81. The third-order valence-corrected chi connectivity index (χ3v) is 2.53. The average Bonchev–Trinajstić information content (AvgIpc) is 2.52. The number of methoxy groups -OCH3 is 2. The molecule has 1 aromatic carbocycles. The second kappa shape index (κ2) is 10.4. The Morgan fingerprint density at radius 2 is 1.92 bits per heavy atom. The van der Waals surface area contributed by atoms with Crippen LogP contribution in [0.25, 0.3) is 0 Å². The first kappa shape index (κ1) is 21.7. The van der Waals surface area contributed by atoms with Crippen molar-refractivity contribution in [3.05, 3.63) is 29.8 Å². The van der Waals surface area contributed by atoms with E-state index in [4.69, 9.17) is 25.1 Å². The topological polar surface area (TPSA) is 111 Å². The molecule has 7 nitrogen and oxygen atoms in total. The summed E-state index contributed by atoms with van der Waals surface area (Å²) in [5, 5.41) is 9.86. The van der Waals surface area contributed by atoms with Crippen LogP contribution in [0.1, 0.15) is 5.56 Å². The smallest absolute Gasteiger partial charge is 0.490 e. The predicted molar refractivity (Wildman–Crippen MR) is 78.4 cm³/mol. The molecule has 24 heavy (non-hydrogen) atoms. The molecule has 10 heteroatoms. The lowest BCUT2D eigenvalue weighted by molar-refractivity contribution is -0.192. The summed E-state index contributed by atoms with van der Waals surface area (Å²) in [6.07, 6.45) is -5.08. The lowest BCUT2D eigenvalue weighted by Gasteiger charge is -2.11. The van der Waals surface area contributed by atoms with Gasteiger partial charge in [0.1, 0.15) is 11.8 Å². The van der Waals surface area contributed by atoms with E-state index in [0.717, 1.165) is 11.3 Å². The van der Waals surface area contributed by atoms with Crippen LogP contribution in [-0.4, -0.2) is 50.0 Å². The lowest BCUT2D eigenvalue weighted by Crippen LogP contribution is -2.43. The molecule has 1 amide bonds. The number of alkyl halides is 3. The van der Waals surface area contributed by atoms with E-state index in [9.17, 15) is 18.0 Å². The van der Waals surface area contributed by atoms with Gasteiger partial charge in [-0.2, -0.15) is 13.2 Å². The maximum absolute atomic E-state index is 11.5. The Labute approximate surface area is 136 Å². The van der Waals surface area contributed by atoms with Crippen LogP contribution in [0.3, 0.4) is 0 Å². The van der Waals surface area contributed by atoms with Crippen LogP contribution in [-0.2, 0) is 20.9 Å². The van der Waals surface area contributed by atoms with E-state index in [0.29, 0.717) is 6.54 Å². The van der Waals surface area contributed by atoms with Gasteiger partial charge in [0.05, 0.1) is 13.7 Å². The number of rotatable bonds is 6. The molecule has 1 rings (SSSR count). The van der Waals surface area contributed by atoms with Crippen LogP contribution in [0, 0.1) is 0 Å². The molecule has 0 aliphatic rings. The molecule has 0 aliphatic heterocycles. The molecule has 1 aromatic rings. The van der Waals surface area contributed by atoms with Gasteiger partial charge in [-0.05, 0) is 17.7 Å². The molecule has 0 fully saturated rings. The van der Waals surface area contributed by atoms with Gasteiger partial charge in [0.15, 0.2) is 0 Å². The van der Waals surface area contributed by atoms with Crippen molar-refractivity contribution < 1.29 is 37.3 Å². The fourth-order valence-corrected chi connectivity index (χ4v) is 1.36. The molecule has 0 heterocycles. The van der Waals surface area contributed by atoms with E-state index in [1.807, 2.05) is 24.3 Å². The minimum Gasteiger partial charge on any atom is -0.497 e. The van der Waals surface area contributed by atoms with Crippen LogP contribution in [0.5, 0.6) is 5.75 Å². The van der Waals surface area contributed by atoms with Gasteiger partial charge in [-0.1, -0.05) is 12.1 Å². The third kappa shape index (κ3) is 8.96. The van der Waals surface area contributed by atoms with Gasteiger partial charge >= 0.3 is 12.1 Å². The fraction of sp³-hybridized carbons (Fsp3) is 0.429. The van der Waals surface area contributed by atoms with Crippen molar-refractivity contribution in [2.45, 2.75) is 18.8 Å². The van der Waals surface area contributed by atoms with Gasteiger partial charge < -0.3 is 25.6 Å². The maximum atomic E-state index is 11.5. The zero-order valence-corrected chi connectivity index (χ0v) is 13.1. The van der Waals surface area contributed by atoms with Gasteiger partial charge in [-0.15, -0.1) is 0 Å². The van der Waals surface area contributed by atoms with Gasteiger partial charge in [0.25, 0.3) is 0 Å². The fourth-order valence-electron chi connectivity index (χ4n) is 1.36. The largest absolute Gasteiger partial charge is 0.497 e.